The van der Waals surface area contributed by atoms with Crippen LogP contribution in [-0.4, -0.2) is 28.7 Å². The van der Waals surface area contributed by atoms with Crippen LogP contribution in [0.2, 0.25) is 0 Å². The molecule has 1 saturated carbocycles. The highest BCUT2D eigenvalue weighted by molar-refractivity contribution is 5.91. The van der Waals surface area contributed by atoms with Gasteiger partial charge in [-0.15, -0.1) is 0 Å². The maximum absolute atomic E-state index is 12.1. The molecule has 0 spiro atoms. The molecule has 1 aliphatic rings. The zero-order chi connectivity index (χ0) is 16.7. The van der Waals surface area contributed by atoms with Crippen LogP contribution in [0, 0.1) is 17.3 Å². The largest absolute Gasteiger partial charge is 0.481 e. The molecule has 1 aromatic heterocycles. The van der Waals surface area contributed by atoms with Crippen LogP contribution in [0.3, 0.4) is 0 Å². The first kappa shape index (κ1) is 16.5. The third-order valence-corrected chi connectivity index (χ3v) is 4.35. The Kier molecular flexibility index (Phi) is 4.06. The van der Waals surface area contributed by atoms with E-state index in [0.29, 0.717) is 13.0 Å². The molecule has 1 heterocycles. The Bertz CT molecular complexity index is 583. The molecular weight excluding hydrogens is 284 g/mol. The molecule has 0 aromatic carbocycles. The lowest BCUT2D eigenvalue weighted by Gasteiger charge is -2.12. The Balaban J connectivity index is 1.84. The fraction of sp³-hybridized carbons (Fsp3) is 0.688. The molecule has 1 aromatic rings. The van der Waals surface area contributed by atoms with Gasteiger partial charge < -0.3 is 14.9 Å². The van der Waals surface area contributed by atoms with Crippen LogP contribution in [-0.2, 0) is 21.4 Å². The fourth-order valence-corrected chi connectivity index (χ4v) is 2.79. The van der Waals surface area contributed by atoms with Gasteiger partial charge in [-0.2, -0.15) is 0 Å². The lowest BCUT2D eigenvalue weighted by molar-refractivity contribution is -0.140. The number of aromatic nitrogens is 1. The molecule has 6 heteroatoms. The maximum atomic E-state index is 12.1. The lowest BCUT2D eigenvalue weighted by atomic mass is 9.93. The number of rotatable bonds is 5. The summed E-state index contributed by atoms with van der Waals surface area (Å²) in [5.41, 5.74) is 0.222. The molecule has 1 fully saturated rings. The SMILES string of the molecule is CC(C)(C)c1cc(CCNC(=O)[C@@H]2[C@H](C(=O)O)C2(C)C)no1. The number of carbonyl (C=O) groups excluding carboxylic acids is 1. The van der Waals surface area contributed by atoms with Gasteiger partial charge in [0.15, 0.2) is 0 Å². The predicted molar refractivity (Wildman–Crippen MR) is 80.3 cm³/mol. The van der Waals surface area contributed by atoms with Crippen molar-refractivity contribution in [2.45, 2.75) is 46.5 Å². The standard InChI is InChI=1S/C16H24N2O4/c1-15(2,3)10-8-9(18-22-10)6-7-17-13(19)11-12(14(20)21)16(11,4)5/h8,11-12H,6-7H2,1-5H3,(H,17,19)(H,20,21)/t11-,12+/m0/s1. The quantitative estimate of drug-likeness (QED) is 0.867. The van der Waals surface area contributed by atoms with Crippen LogP contribution in [0.1, 0.15) is 46.1 Å². The first-order chi connectivity index (χ1) is 10.0. The van der Waals surface area contributed by atoms with Crippen molar-refractivity contribution in [3.63, 3.8) is 0 Å². The summed E-state index contributed by atoms with van der Waals surface area (Å²) in [6.07, 6.45) is 0.566. The Morgan fingerprint density at radius 2 is 2.00 bits per heavy atom. The third-order valence-electron chi connectivity index (χ3n) is 4.35. The minimum atomic E-state index is -0.906. The van der Waals surface area contributed by atoms with Crippen molar-refractivity contribution in [2.75, 3.05) is 6.54 Å². The Morgan fingerprint density at radius 3 is 2.45 bits per heavy atom. The number of aliphatic carboxylic acids is 1. The van der Waals surface area contributed by atoms with Gasteiger partial charge in [-0.1, -0.05) is 39.8 Å². The molecule has 0 unspecified atom stereocenters. The summed E-state index contributed by atoms with van der Waals surface area (Å²) in [5.74, 6) is -1.34. The molecule has 2 atom stereocenters. The lowest BCUT2D eigenvalue weighted by Crippen LogP contribution is -2.29. The van der Waals surface area contributed by atoms with E-state index in [4.69, 9.17) is 9.63 Å². The first-order valence-corrected chi connectivity index (χ1v) is 7.51. The molecule has 122 valence electrons. The predicted octanol–water partition coefficient (Wildman–Crippen LogP) is 1.99. The summed E-state index contributed by atoms with van der Waals surface area (Å²) in [4.78, 5) is 23.2. The number of hydrogen-bond donors (Lipinski definition) is 2. The fourth-order valence-electron chi connectivity index (χ4n) is 2.79. The Hall–Kier alpha value is -1.85. The Morgan fingerprint density at radius 1 is 1.36 bits per heavy atom. The number of carboxylic acid groups (broad SMARTS) is 1. The van der Waals surface area contributed by atoms with Crippen molar-refractivity contribution in [3.05, 3.63) is 17.5 Å². The van der Waals surface area contributed by atoms with E-state index in [1.807, 2.05) is 40.7 Å². The van der Waals surface area contributed by atoms with Crippen LogP contribution in [0.4, 0.5) is 0 Å². The average molecular weight is 308 g/mol. The first-order valence-electron chi connectivity index (χ1n) is 7.51. The van der Waals surface area contributed by atoms with Crippen molar-refractivity contribution in [1.29, 1.82) is 0 Å². The van der Waals surface area contributed by atoms with E-state index in [0.717, 1.165) is 11.5 Å². The minimum Gasteiger partial charge on any atom is -0.481 e. The molecular formula is C16H24N2O4. The number of amides is 1. The van der Waals surface area contributed by atoms with Crippen molar-refractivity contribution >= 4 is 11.9 Å². The highest BCUT2D eigenvalue weighted by Gasteiger charge is 2.65. The van der Waals surface area contributed by atoms with Crippen LogP contribution >= 0.6 is 0 Å². The van der Waals surface area contributed by atoms with Gasteiger partial charge in [-0.25, -0.2) is 0 Å². The maximum Gasteiger partial charge on any atom is 0.307 e. The van der Waals surface area contributed by atoms with Crippen molar-refractivity contribution in [1.82, 2.24) is 10.5 Å². The normalized spacial score (nSPS) is 23.1. The molecule has 1 amide bonds. The van der Waals surface area contributed by atoms with Crippen molar-refractivity contribution < 1.29 is 19.2 Å². The Labute approximate surface area is 130 Å². The molecule has 22 heavy (non-hydrogen) atoms. The number of hydrogen-bond acceptors (Lipinski definition) is 4. The van der Waals surface area contributed by atoms with E-state index in [1.54, 1.807) is 0 Å². The van der Waals surface area contributed by atoms with Crippen molar-refractivity contribution in [3.8, 4) is 0 Å². The topological polar surface area (TPSA) is 92.4 Å². The minimum absolute atomic E-state index is 0.0960. The summed E-state index contributed by atoms with van der Waals surface area (Å²) in [6.45, 7) is 10.2. The van der Waals surface area contributed by atoms with Crippen LogP contribution < -0.4 is 5.32 Å². The van der Waals surface area contributed by atoms with E-state index in [9.17, 15) is 9.59 Å². The summed E-state index contributed by atoms with van der Waals surface area (Å²) < 4.78 is 5.29. The molecule has 0 bridgehead atoms. The van der Waals surface area contributed by atoms with Crippen LogP contribution in [0.25, 0.3) is 0 Å². The van der Waals surface area contributed by atoms with Gasteiger partial charge in [0.2, 0.25) is 5.91 Å². The number of nitrogens with zero attached hydrogens (tertiary/aromatic N) is 1. The van der Waals surface area contributed by atoms with Gasteiger partial charge in [-0.05, 0) is 5.41 Å². The number of nitrogens with one attached hydrogen (secondary N) is 1. The van der Waals surface area contributed by atoms with Gasteiger partial charge in [0.1, 0.15) is 5.76 Å². The highest BCUT2D eigenvalue weighted by Crippen LogP contribution is 2.58. The second kappa shape index (κ2) is 5.41. The van der Waals surface area contributed by atoms with E-state index in [1.165, 1.54) is 0 Å². The third kappa shape index (κ3) is 3.15. The molecule has 0 radical (unpaired) electrons. The second-order valence-electron chi connectivity index (χ2n) is 7.59. The molecule has 2 N–H and O–H groups in total. The van der Waals surface area contributed by atoms with Crippen molar-refractivity contribution in [2.24, 2.45) is 17.3 Å². The van der Waals surface area contributed by atoms with Gasteiger partial charge in [0.25, 0.3) is 0 Å². The van der Waals surface area contributed by atoms with Gasteiger partial charge in [-0.3, -0.25) is 9.59 Å². The zero-order valence-electron chi connectivity index (χ0n) is 13.8. The summed E-state index contributed by atoms with van der Waals surface area (Å²) in [6, 6.07) is 1.90. The monoisotopic (exact) mass is 308 g/mol. The second-order valence-corrected chi connectivity index (χ2v) is 7.59. The van der Waals surface area contributed by atoms with E-state index >= 15 is 0 Å². The molecule has 0 saturated heterocycles. The van der Waals surface area contributed by atoms with Gasteiger partial charge in [0.05, 0.1) is 17.5 Å². The molecule has 0 aliphatic heterocycles. The van der Waals surface area contributed by atoms with E-state index in [2.05, 4.69) is 10.5 Å². The van der Waals surface area contributed by atoms with E-state index < -0.39 is 23.2 Å². The summed E-state index contributed by atoms with van der Waals surface area (Å²) in [7, 11) is 0. The number of carboxylic acids is 1. The summed E-state index contributed by atoms with van der Waals surface area (Å²) in [5, 5.41) is 15.9. The van der Waals surface area contributed by atoms with Crippen LogP contribution in [0.15, 0.2) is 10.6 Å². The average Bonchev–Trinajstić information content (AvgIpc) is 2.73. The highest BCUT2D eigenvalue weighted by atomic mass is 16.5. The van der Waals surface area contributed by atoms with Crippen LogP contribution in [0.5, 0.6) is 0 Å². The smallest absolute Gasteiger partial charge is 0.307 e. The summed E-state index contributed by atoms with van der Waals surface area (Å²) >= 11 is 0. The molecule has 6 nitrogen and oxygen atoms in total. The number of carbonyl (C=O) groups is 2. The van der Waals surface area contributed by atoms with Gasteiger partial charge >= 0.3 is 5.97 Å². The van der Waals surface area contributed by atoms with E-state index in [-0.39, 0.29) is 11.3 Å². The molecule has 1 aliphatic carbocycles. The zero-order valence-corrected chi connectivity index (χ0v) is 13.8. The van der Waals surface area contributed by atoms with Gasteiger partial charge in [0, 0.05) is 24.4 Å². The molecule has 2 rings (SSSR count).